The zero-order valence-corrected chi connectivity index (χ0v) is 14.9. The van der Waals surface area contributed by atoms with Crippen LogP contribution in [-0.2, 0) is 22.4 Å². The van der Waals surface area contributed by atoms with Crippen molar-refractivity contribution in [3.8, 4) is 0 Å². The highest BCUT2D eigenvalue weighted by molar-refractivity contribution is 5.97. The Morgan fingerprint density at radius 2 is 2.00 bits per heavy atom. The molecule has 2 aliphatic rings. The molecule has 26 heavy (non-hydrogen) atoms. The van der Waals surface area contributed by atoms with E-state index >= 15 is 0 Å². The monoisotopic (exact) mass is 349 g/mol. The molecule has 1 unspecified atom stereocenters. The number of aryl methyl sites for hydroxylation is 1. The molecular formula is C21H23N3O2. The molecule has 4 rings (SSSR count). The molecule has 0 saturated carbocycles. The van der Waals surface area contributed by atoms with Gasteiger partial charge in [0, 0.05) is 30.4 Å². The van der Waals surface area contributed by atoms with E-state index in [0.29, 0.717) is 13.0 Å². The van der Waals surface area contributed by atoms with Crippen molar-refractivity contribution in [3.05, 3.63) is 59.2 Å². The van der Waals surface area contributed by atoms with Crippen molar-refractivity contribution < 1.29 is 9.59 Å². The summed E-state index contributed by atoms with van der Waals surface area (Å²) in [5.74, 6) is 0.180. The average Bonchev–Trinajstić information content (AvgIpc) is 3.09. The third-order valence-corrected chi connectivity index (χ3v) is 5.27. The summed E-state index contributed by atoms with van der Waals surface area (Å²) in [6.07, 6.45) is 2.23. The number of nitrogens with one attached hydrogen (secondary N) is 2. The zero-order chi connectivity index (χ0) is 18.1. The fraction of sp³-hybridized carbons (Fsp3) is 0.333. The van der Waals surface area contributed by atoms with Crippen LogP contribution in [0.1, 0.15) is 36.1 Å². The molecule has 2 aromatic rings. The topological polar surface area (TPSA) is 61.4 Å². The van der Waals surface area contributed by atoms with Crippen molar-refractivity contribution in [1.29, 1.82) is 0 Å². The number of carbonyl (C=O) groups excluding carboxylic acids is 2. The maximum atomic E-state index is 12.6. The maximum Gasteiger partial charge on any atom is 0.240 e. The highest BCUT2D eigenvalue weighted by Crippen LogP contribution is 2.28. The predicted octanol–water partition coefficient (Wildman–Crippen LogP) is 2.81. The van der Waals surface area contributed by atoms with Crippen molar-refractivity contribution >= 4 is 23.2 Å². The molecule has 2 aromatic carbocycles. The van der Waals surface area contributed by atoms with Crippen LogP contribution in [0.25, 0.3) is 0 Å². The van der Waals surface area contributed by atoms with Crippen LogP contribution >= 0.6 is 0 Å². The third kappa shape index (κ3) is 3.22. The second kappa shape index (κ2) is 6.92. The predicted molar refractivity (Wildman–Crippen MR) is 102 cm³/mol. The normalized spacial score (nSPS) is 16.7. The van der Waals surface area contributed by atoms with E-state index < -0.39 is 0 Å². The van der Waals surface area contributed by atoms with Crippen molar-refractivity contribution in [2.45, 2.75) is 32.2 Å². The SMILES string of the molecule is CC(NCC(=O)N1CCc2ccccc21)c1ccc2c(c1)CCC(=O)N2. The van der Waals surface area contributed by atoms with Gasteiger partial charge in [-0.25, -0.2) is 0 Å². The van der Waals surface area contributed by atoms with Gasteiger partial charge in [0.2, 0.25) is 11.8 Å². The van der Waals surface area contributed by atoms with Crippen molar-refractivity contribution in [2.24, 2.45) is 0 Å². The molecule has 0 saturated heterocycles. The van der Waals surface area contributed by atoms with Crippen LogP contribution in [0, 0.1) is 0 Å². The van der Waals surface area contributed by atoms with Crippen LogP contribution in [0.3, 0.4) is 0 Å². The fourth-order valence-electron chi connectivity index (χ4n) is 3.72. The third-order valence-electron chi connectivity index (χ3n) is 5.27. The van der Waals surface area contributed by atoms with E-state index in [4.69, 9.17) is 0 Å². The molecule has 2 amide bonds. The highest BCUT2D eigenvalue weighted by atomic mass is 16.2. The van der Waals surface area contributed by atoms with Crippen molar-refractivity contribution in [2.75, 3.05) is 23.3 Å². The highest BCUT2D eigenvalue weighted by Gasteiger charge is 2.24. The molecule has 134 valence electrons. The molecule has 0 aromatic heterocycles. The van der Waals surface area contributed by atoms with Gasteiger partial charge < -0.3 is 15.5 Å². The molecule has 0 aliphatic carbocycles. The lowest BCUT2D eigenvalue weighted by Crippen LogP contribution is -2.38. The van der Waals surface area contributed by atoms with Crippen LogP contribution in [0.15, 0.2) is 42.5 Å². The fourth-order valence-corrected chi connectivity index (χ4v) is 3.72. The van der Waals surface area contributed by atoms with Gasteiger partial charge in [-0.15, -0.1) is 0 Å². The Hall–Kier alpha value is -2.66. The Kier molecular flexibility index (Phi) is 4.47. The molecule has 1 atom stereocenters. The number of anilines is 2. The number of hydrogen-bond donors (Lipinski definition) is 2. The van der Waals surface area contributed by atoms with Gasteiger partial charge in [0.1, 0.15) is 0 Å². The van der Waals surface area contributed by atoms with Crippen LogP contribution in [0.4, 0.5) is 11.4 Å². The van der Waals surface area contributed by atoms with Gasteiger partial charge in [-0.3, -0.25) is 9.59 Å². The molecule has 5 nitrogen and oxygen atoms in total. The van der Waals surface area contributed by atoms with Crippen LogP contribution < -0.4 is 15.5 Å². The summed E-state index contributed by atoms with van der Waals surface area (Å²) >= 11 is 0. The largest absolute Gasteiger partial charge is 0.326 e. The summed E-state index contributed by atoms with van der Waals surface area (Å²) in [6, 6.07) is 14.3. The lowest BCUT2D eigenvalue weighted by Gasteiger charge is -2.22. The van der Waals surface area contributed by atoms with E-state index in [1.165, 1.54) is 5.56 Å². The van der Waals surface area contributed by atoms with Gasteiger partial charge in [-0.05, 0) is 48.6 Å². The quantitative estimate of drug-likeness (QED) is 0.892. The van der Waals surface area contributed by atoms with Gasteiger partial charge in [0.25, 0.3) is 0 Å². The maximum absolute atomic E-state index is 12.6. The lowest BCUT2D eigenvalue weighted by atomic mass is 9.98. The average molecular weight is 349 g/mol. The molecule has 5 heteroatoms. The molecule has 2 aliphatic heterocycles. The molecule has 2 heterocycles. The number of para-hydroxylation sites is 1. The van der Waals surface area contributed by atoms with Gasteiger partial charge in [-0.1, -0.05) is 30.3 Å². The molecule has 0 spiro atoms. The van der Waals surface area contributed by atoms with E-state index in [-0.39, 0.29) is 17.9 Å². The Morgan fingerprint density at radius 1 is 1.15 bits per heavy atom. The smallest absolute Gasteiger partial charge is 0.240 e. The first-order chi connectivity index (χ1) is 12.6. The summed E-state index contributed by atoms with van der Waals surface area (Å²) in [5.41, 5.74) is 5.48. The van der Waals surface area contributed by atoms with Crippen LogP contribution in [-0.4, -0.2) is 24.9 Å². The van der Waals surface area contributed by atoms with Gasteiger partial charge in [0.05, 0.1) is 6.54 Å². The summed E-state index contributed by atoms with van der Waals surface area (Å²) < 4.78 is 0. The molecule has 0 radical (unpaired) electrons. The van der Waals surface area contributed by atoms with Crippen LogP contribution in [0.2, 0.25) is 0 Å². The van der Waals surface area contributed by atoms with E-state index in [0.717, 1.165) is 41.9 Å². The minimum absolute atomic E-state index is 0.0692. The number of carbonyl (C=O) groups is 2. The Bertz CT molecular complexity index is 862. The number of nitrogens with zero attached hydrogens (tertiary/aromatic N) is 1. The second-order valence-electron chi connectivity index (χ2n) is 6.99. The first-order valence-corrected chi connectivity index (χ1v) is 9.16. The van der Waals surface area contributed by atoms with E-state index in [1.54, 1.807) is 0 Å². The first kappa shape index (κ1) is 16.8. The minimum Gasteiger partial charge on any atom is -0.326 e. The van der Waals surface area contributed by atoms with E-state index in [2.05, 4.69) is 29.7 Å². The first-order valence-electron chi connectivity index (χ1n) is 9.16. The lowest BCUT2D eigenvalue weighted by molar-refractivity contribution is -0.118. The molecule has 0 bridgehead atoms. The number of rotatable bonds is 4. The van der Waals surface area contributed by atoms with Crippen LogP contribution in [0.5, 0.6) is 0 Å². The van der Waals surface area contributed by atoms with Gasteiger partial charge in [-0.2, -0.15) is 0 Å². The molecule has 2 N–H and O–H groups in total. The summed E-state index contributed by atoms with van der Waals surface area (Å²) in [6.45, 7) is 3.13. The van der Waals surface area contributed by atoms with Gasteiger partial charge in [0.15, 0.2) is 0 Å². The molecular weight excluding hydrogens is 326 g/mol. The number of benzene rings is 2. The van der Waals surface area contributed by atoms with E-state index in [1.807, 2.05) is 35.2 Å². The number of fused-ring (bicyclic) bond motifs is 2. The van der Waals surface area contributed by atoms with Crippen molar-refractivity contribution in [3.63, 3.8) is 0 Å². The second-order valence-corrected chi connectivity index (χ2v) is 6.99. The number of amides is 2. The minimum atomic E-state index is 0.0692. The zero-order valence-electron chi connectivity index (χ0n) is 14.9. The Morgan fingerprint density at radius 3 is 2.88 bits per heavy atom. The Labute approximate surface area is 153 Å². The van der Waals surface area contributed by atoms with E-state index in [9.17, 15) is 9.59 Å². The van der Waals surface area contributed by atoms with Crippen molar-refractivity contribution in [1.82, 2.24) is 5.32 Å². The standard InChI is InChI=1S/C21H23N3O2/c1-14(16-6-8-18-17(12-16)7-9-20(25)23-18)22-13-21(26)24-11-10-15-4-2-3-5-19(15)24/h2-6,8,12,14,22H,7,9-11,13H2,1H3,(H,23,25). The summed E-state index contributed by atoms with van der Waals surface area (Å²) in [7, 11) is 0. The van der Waals surface area contributed by atoms with Gasteiger partial charge >= 0.3 is 0 Å². The Balaban J connectivity index is 1.39. The summed E-state index contributed by atoms with van der Waals surface area (Å²) in [4.78, 5) is 26.0. The number of hydrogen-bond acceptors (Lipinski definition) is 3. The summed E-state index contributed by atoms with van der Waals surface area (Å²) in [5, 5.41) is 6.25. The molecule has 0 fully saturated rings.